The third kappa shape index (κ3) is 4.01. The van der Waals surface area contributed by atoms with E-state index in [0.29, 0.717) is 24.2 Å². The summed E-state index contributed by atoms with van der Waals surface area (Å²) in [5, 5.41) is 10.5. The molecule has 1 N–H and O–H groups in total. The minimum Gasteiger partial charge on any atom is -0.334 e. The van der Waals surface area contributed by atoms with Crippen molar-refractivity contribution in [2.24, 2.45) is 0 Å². The molecule has 4 aromatic rings. The van der Waals surface area contributed by atoms with E-state index in [-0.39, 0.29) is 36.4 Å². The minimum atomic E-state index is -0.680. The highest BCUT2D eigenvalue weighted by molar-refractivity contribution is 6.05. The number of piperidine rings is 1. The Kier molecular flexibility index (Phi) is 5.29. The van der Waals surface area contributed by atoms with Crippen LogP contribution in [-0.2, 0) is 22.7 Å². The van der Waals surface area contributed by atoms with Crippen molar-refractivity contribution in [3.05, 3.63) is 77.5 Å². The van der Waals surface area contributed by atoms with E-state index in [1.54, 1.807) is 31.4 Å². The third-order valence-corrected chi connectivity index (χ3v) is 6.64. The highest BCUT2D eigenvalue weighted by Gasteiger charge is 2.39. The molecule has 4 amide bonds. The monoisotopic (exact) mass is 498 g/mol. The first-order valence-corrected chi connectivity index (χ1v) is 11.8. The second-order valence-electron chi connectivity index (χ2n) is 9.15. The molecule has 0 saturated carbocycles. The van der Waals surface area contributed by atoms with Gasteiger partial charge in [-0.2, -0.15) is 0 Å². The second-order valence-corrected chi connectivity index (χ2v) is 9.15. The van der Waals surface area contributed by atoms with Crippen LogP contribution >= 0.6 is 0 Å². The molecule has 0 aliphatic carbocycles. The predicted octanol–water partition coefficient (Wildman–Crippen LogP) is 0.948. The maximum Gasteiger partial charge on any atom is 0.276 e. The molecule has 0 spiro atoms. The van der Waals surface area contributed by atoms with E-state index < -0.39 is 11.9 Å². The van der Waals surface area contributed by atoms with Crippen molar-refractivity contribution in [1.82, 2.24) is 39.5 Å². The fourth-order valence-electron chi connectivity index (χ4n) is 4.77. The van der Waals surface area contributed by atoms with Crippen molar-refractivity contribution in [2.45, 2.75) is 32.0 Å². The number of imide groups is 1. The quantitative estimate of drug-likeness (QED) is 0.405. The van der Waals surface area contributed by atoms with Crippen LogP contribution in [0.3, 0.4) is 0 Å². The standard InChI is InChI=1S/C25H22N8O4/c1-30(12-16-13-31-9-3-2-4-21(31)26-16)25(37)19-14-33(29-28-19)17-5-6-18-15(10-17)11-32(24(18)36)20-7-8-22(34)27-23(20)35/h2-6,9-10,13-14,20H,7-8,11-12H2,1H3,(H,27,34,35). The summed E-state index contributed by atoms with van der Waals surface area (Å²) < 4.78 is 3.37. The molecule has 5 heterocycles. The van der Waals surface area contributed by atoms with E-state index in [9.17, 15) is 19.2 Å². The molecule has 1 atom stereocenters. The highest BCUT2D eigenvalue weighted by atomic mass is 16.2. The number of imidazole rings is 1. The summed E-state index contributed by atoms with van der Waals surface area (Å²) in [6, 6.07) is 10.2. The van der Waals surface area contributed by atoms with E-state index in [1.807, 2.05) is 35.0 Å². The fourth-order valence-corrected chi connectivity index (χ4v) is 4.77. The first kappa shape index (κ1) is 22.6. The first-order valence-electron chi connectivity index (χ1n) is 11.8. The van der Waals surface area contributed by atoms with Crippen molar-refractivity contribution in [1.29, 1.82) is 0 Å². The zero-order valence-corrected chi connectivity index (χ0v) is 19.9. The molecule has 1 unspecified atom stereocenters. The lowest BCUT2D eigenvalue weighted by Crippen LogP contribution is -2.52. The van der Waals surface area contributed by atoms with Gasteiger partial charge < -0.3 is 14.2 Å². The van der Waals surface area contributed by atoms with Gasteiger partial charge in [0.2, 0.25) is 11.8 Å². The number of fused-ring (bicyclic) bond motifs is 2. The minimum absolute atomic E-state index is 0.174. The summed E-state index contributed by atoms with van der Waals surface area (Å²) in [4.78, 5) is 57.2. The topological polar surface area (TPSA) is 135 Å². The highest BCUT2D eigenvalue weighted by Crippen LogP contribution is 2.29. The zero-order chi connectivity index (χ0) is 25.7. The fraction of sp³-hybridized carbons (Fsp3) is 0.240. The molecule has 3 aromatic heterocycles. The zero-order valence-electron chi connectivity index (χ0n) is 19.9. The molecule has 37 heavy (non-hydrogen) atoms. The van der Waals surface area contributed by atoms with E-state index in [4.69, 9.17) is 0 Å². The molecule has 6 rings (SSSR count). The number of hydrogen-bond acceptors (Lipinski definition) is 7. The van der Waals surface area contributed by atoms with Gasteiger partial charge in [-0.3, -0.25) is 24.5 Å². The number of aromatic nitrogens is 5. The van der Waals surface area contributed by atoms with E-state index in [0.717, 1.165) is 16.9 Å². The summed E-state index contributed by atoms with van der Waals surface area (Å²) in [5.41, 5.74) is 3.59. The number of hydrogen-bond donors (Lipinski definition) is 1. The van der Waals surface area contributed by atoms with Crippen molar-refractivity contribution < 1.29 is 19.2 Å². The number of nitrogens with one attached hydrogen (secondary N) is 1. The Hall–Kier alpha value is -4.87. The average Bonchev–Trinajstić information content (AvgIpc) is 3.60. The summed E-state index contributed by atoms with van der Waals surface area (Å²) in [7, 11) is 1.68. The van der Waals surface area contributed by atoms with Gasteiger partial charge >= 0.3 is 0 Å². The SMILES string of the molecule is CN(Cc1cn2ccccc2n1)C(=O)c1cn(-c2ccc3c(c2)CN(C2CCC(=O)NC2=O)C3=O)nn1. The van der Waals surface area contributed by atoms with Gasteiger partial charge in [0.25, 0.3) is 11.8 Å². The Morgan fingerprint density at radius 2 is 2.03 bits per heavy atom. The number of carbonyl (C=O) groups excluding carboxylic acids is 4. The maximum absolute atomic E-state index is 13.0. The van der Waals surface area contributed by atoms with Gasteiger partial charge in [-0.15, -0.1) is 5.10 Å². The maximum atomic E-state index is 13.0. The lowest BCUT2D eigenvalue weighted by molar-refractivity contribution is -0.136. The molecule has 1 fully saturated rings. The second kappa shape index (κ2) is 8.66. The van der Waals surface area contributed by atoms with Gasteiger partial charge in [-0.25, -0.2) is 9.67 Å². The number of carbonyl (C=O) groups is 4. The van der Waals surface area contributed by atoms with E-state index in [1.165, 1.54) is 14.5 Å². The van der Waals surface area contributed by atoms with Crippen LogP contribution in [0, 0.1) is 0 Å². The molecular weight excluding hydrogens is 476 g/mol. The summed E-state index contributed by atoms with van der Waals surface area (Å²) in [5.74, 6) is -1.33. The van der Waals surface area contributed by atoms with Gasteiger partial charge in [0.15, 0.2) is 5.69 Å². The van der Waals surface area contributed by atoms with Crippen LogP contribution in [0.4, 0.5) is 0 Å². The van der Waals surface area contributed by atoms with Crippen LogP contribution < -0.4 is 5.32 Å². The molecule has 2 aliphatic heterocycles. The Balaban J connectivity index is 1.17. The number of pyridine rings is 1. The van der Waals surface area contributed by atoms with Gasteiger partial charge in [0.1, 0.15) is 11.7 Å². The summed E-state index contributed by atoms with van der Waals surface area (Å²) in [6.45, 7) is 0.557. The van der Waals surface area contributed by atoms with Crippen LogP contribution in [0.5, 0.6) is 0 Å². The lowest BCUT2D eigenvalue weighted by Gasteiger charge is -2.29. The third-order valence-electron chi connectivity index (χ3n) is 6.64. The van der Waals surface area contributed by atoms with Crippen molar-refractivity contribution in [2.75, 3.05) is 7.05 Å². The van der Waals surface area contributed by atoms with Gasteiger partial charge in [0, 0.05) is 38.0 Å². The Morgan fingerprint density at radius 1 is 1.16 bits per heavy atom. The van der Waals surface area contributed by atoms with Crippen LogP contribution in [0.15, 0.2) is 55.0 Å². The normalized spacial score (nSPS) is 17.3. The van der Waals surface area contributed by atoms with Crippen molar-refractivity contribution in [3.8, 4) is 5.69 Å². The molecule has 1 saturated heterocycles. The largest absolute Gasteiger partial charge is 0.334 e. The first-order chi connectivity index (χ1) is 17.9. The van der Waals surface area contributed by atoms with Gasteiger partial charge in [-0.05, 0) is 42.3 Å². The van der Waals surface area contributed by atoms with Crippen LogP contribution in [-0.4, -0.2) is 70.9 Å². The van der Waals surface area contributed by atoms with Crippen LogP contribution in [0.2, 0.25) is 0 Å². The Morgan fingerprint density at radius 3 is 2.84 bits per heavy atom. The smallest absolute Gasteiger partial charge is 0.276 e. The molecule has 186 valence electrons. The summed E-state index contributed by atoms with van der Waals surface area (Å²) >= 11 is 0. The molecule has 2 aliphatic rings. The summed E-state index contributed by atoms with van der Waals surface area (Å²) in [6.07, 6.45) is 5.81. The van der Waals surface area contributed by atoms with Gasteiger partial charge in [0.05, 0.1) is 24.1 Å². The molecular formula is C25H22N8O4. The molecule has 1 aromatic carbocycles. The molecule has 0 bridgehead atoms. The van der Waals surface area contributed by atoms with E-state index >= 15 is 0 Å². The molecule has 12 heteroatoms. The predicted molar refractivity (Wildman–Crippen MR) is 128 cm³/mol. The van der Waals surface area contributed by atoms with Crippen molar-refractivity contribution >= 4 is 29.3 Å². The van der Waals surface area contributed by atoms with E-state index in [2.05, 4.69) is 20.6 Å². The molecule has 0 radical (unpaired) electrons. The molecule has 12 nitrogen and oxygen atoms in total. The number of nitrogens with zero attached hydrogens (tertiary/aromatic N) is 7. The number of amides is 4. The van der Waals surface area contributed by atoms with Crippen LogP contribution in [0.25, 0.3) is 11.3 Å². The average molecular weight is 499 g/mol. The Bertz CT molecular complexity index is 1560. The lowest BCUT2D eigenvalue weighted by atomic mass is 10.0. The van der Waals surface area contributed by atoms with Crippen molar-refractivity contribution in [3.63, 3.8) is 0 Å². The van der Waals surface area contributed by atoms with Gasteiger partial charge in [-0.1, -0.05) is 11.3 Å². The Labute approximate surface area is 210 Å². The number of rotatable bonds is 5. The van der Waals surface area contributed by atoms with Crippen LogP contribution in [0.1, 0.15) is 44.9 Å². The number of benzene rings is 1.